The van der Waals surface area contributed by atoms with Gasteiger partial charge in [-0.3, -0.25) is 24.5 Å². The van der Waals surface area contributed by atoms with Gasteiger partial charge in [0.25, 0.3) is 0 Å². The van der Waals surface area contributed by atoms with Crippen LogP contribution in [-0.2, 0) is 19.2 Å². The second kappa shape index (κ2) is 11.0. The Bertz CT molecular complexity index is 321. The lowest BCUT2D eigenvalue weighted by Gasteiger charge is -1.97. The van der Waals surface area contributed by atoms with Crippen molar-refractivity contribution in [3.63, 3.8) is 0 Å². The van der Waals surface area contributed by atoms with Crippen molar-refractivity contribution < 1.29 is 29.4 Å². The fourth-order valence-electron chi connectivity index (χ4n) is 1.59. The maximum atomic E-state index is 10.1. The average Bonchev–Trinajstić information content (AvgIpc) is 2.72. The zero-order valence-corrected chi connectivity index (χ0v) is 11.4. The minimum absolute atomic E-state index is 0.148. The van der Waals surface area contributed by atoms with Crippen molar-refractivity contribution in [1.29, 1.82) is 0 Å². The van der Waals surface area contributed by atoms with Crippen LogP contribution in [0.1, 0.15) is 57.8 Å². The van der Waals surface area contributed by atoms with Gasteiger partial charge >= 0.3 is 11.9 Å². The normalized spacial score (nSPS) is 13.4. The first-order valence-electron chi connectivity index (χ1n) is 6.68. The lowest BCUT2D eigenvalue weighted by molar-refractivity contribution is -0.138. The summed E-state index contributed by atoms with van der Waals surface area (Å²) in [6.45, 7) is 0. The second-order valence-electron chi connectivity index (χ2n) is 4.53. The maximum absolute atomic E-state index is 10.1. The van der Waals surface area contributed by atoms with Crippen LogP contribution in [0.15, 0.2) is 0 Å². The van der Waals surface area contributed by atoms with Crippen LogP contribution >= 0.6 is 0 Å². The summed E-state index contributed by atoms with van der Waals surface area (Å²) in [5.74, 6) is -1.81. The number of nitrogens with one attached hydrogen (secondary N) is 1. The molecule has 3 N–H and O–H groups in total. The van der Waals surface area contributed by atoms with Crippen molar-refractivity contribution in [1.82, 2.24) is 5.32 Å². The SMILES string of the molecule is O=C(O)CCCCCCCC(=O)O.O=C1CCC(=O)N1. The summed E-state index contributed by atoms with van der Waals surface area (Å²) in [5.41, 5.74) is 0. The third kappa shape index (κ3) is 12.5. The van der Waals surface area contributed by atoms with E-state index in [-0.39, 0.29) is 24.7 Å². The molecule has 114 valence electrons. The van der Waals surface area contributed by atoms with Crippen LogP contribution in [0.3, 0.4) is 0 Å². The molecule has 0 radical (unpaired) electrons. The molecule has 7 heteroatoms. The number of carbonyl (C=O) groups excluding carboxylic acids is 2. The van der Waals surface area contributed by atoms with Crippen molar-refractivity contribution in [2.24, 2.45) is 0 Å². The Labute approximate surface area is 117 Å². The molecule has 0 unspecified atom stereocenters. The molecule has 0 aliphatic carbocycles. The Hall–Kier alpha value is -1.92. The Balaban J connectivity index is 0.000000428. The van der Waals surface area contributed by atoms with Gasteiger partial charge in [-0.1, -0.05) is 19.3 Å². The molecular formula is C13H21NO6. The van der Waals surface area contributed by atoms with Gasteiger partial charge in [-0.2, -0.15) is 0 Å². The first kappa shape index (κ1) is 18.1. The first-order valence-corrected chi connectivity index (χ1v) is 6.68. The highest BCUT2D eigenvalue weighted by Crippen LogP contribution is 2.06. The standard InChI is InChI=1S/C9H16O4.C4H5NO2/c10-8(11)6-4-2-1-3-5-7-9(12)13;6-3-1-2-4(7)5-3/h1-7H2,(H,10,11)(H,12,13);1-2H2,(H,5,6,7). The van der Waals surface area contributed by atoms with Gasteiger partial charge in [-0.15, -0.1) is 0 Å². The second-order valence-corrected chi connectivity index (χ2v) is 4.53. The van der Waals surface area contributed by atoms with E-state index in [1.54, 1.807) is 0 Å². The number of aliphatic carboxylic acids is 2. The lowest BCUT2D eigenvalue weighted by Crippen LogP contribution is -2.18. The van der Waals surface area contributed by atoms with Crippen molar-refractivity contribution in [2.45, 2.75) is 57.8 Å². The molecule has 0 aromatic carbocycles. The van der Waals surface area contributed by atoms with E-state index >= 15 is 0 Å². The maximum Gasteiger partial charge on any atom is 0.303 e. The van der Waals surface area contributed by atoms with Crippen LogP contribution in [0.5, 0.6) is 0 Å². The number of unbranched alkanes of at least 4 members (excludes halogenated alkanes) is 4. The Kier molecular flexibility index (Phi) is 9.90. The monoisotopic (exact) mass is 287 g/mol. The molecule has 1 aliphatic rings. The quantitative estimate of drug-likeness (QED) is 0.457. The smallest absolute Gasteiger partial charge is 0.303 e. The van der Waals surface area contributed by atoms with Gasteiger partial charge in [0.15, 0.2) is 0 Å². The fourth-order valence-corrected chi connectivity index (χ4v) is 1.59. The molecule has 2 amide bonds. The molecule has 1 fully saturated rings. The summed E-state index contributed by atoms with van der Waals surface area (Å²) < 4.78 is 0. The Morgan fingerprint density at radius 1 is 0.800 bits per heavy atom. The number of hydrogen-bond acceptors (Lipinski definition) is 4. The van der Waals surface area contributed by atoms with Gasteiger partial charge in [0.1, 0.15) is 0 Å². The molecule has 0 saturated carbocycles. The predicted molar refractivity (Wildman–Crippen MR) is 70.0 cm³/mol. The van der Waals surface area contributed by atoms with Crippen LogP contribution in [0.2, 0.25) is 0 Å². The van der Waals surface area contributed by atoms with E-state index in [1.807, 2.05) is 0 Å². The number of imide groups is 1. The van der Waals surface area contributed by atoms with E-state index in [9.17, 15) is 19.2 Å². The topological polar surface area (TPSA) is 121 Å². The molecule has 20 heavy (non-hydrogen) atoms. The number of carboxylic acids is 2. The van der Waals surface area contributed by atoms with Crippen LogP contribution in [0, 0.1) is 0 Å². The van der Waals surface area contributed by atoms with E-state index in [4.69, 9.17) is 10.2 Å². The van der Waals surface area contributed by atoms with Gasteiger partial charge in [0.05, 0.1) is 0 Å². The van der Waals surface area contributed by atoms with E-state index < -0.39 is 11.9 Å². The molecule has 0 bridgehead atoms. The van der Waals surface area contributed by atoms with E-state index in [1.165, 1.54) is 0 Å². The van der Waals surface area contributed by atoms with Crippen LogP contribution in [-0.4, -0.2) is 34.0 Å². The Morgan fingerprint density at radius 3 is 1.40 bits per heavy atom. The highest BCUT2D eigenvalue weighted by Gasteiger charge is 2.15. The number of amides is 2. The highest BCUT2D eigenvalue weighted by molar-refractivity contribution is 6.01. The molecule has 0 aromatic heterocycles. The molecule has 0 aromatic rings. The molecule has 0 spiro atoms. The third-order valence-electron chi connectivity index (χ3n) is 2.64. The van der Waals surface area contributed by atoms with E-state index in [2.05, 4.69) is 5.32 Å². The van der Waals surface area contributed by atoms with Gasteiger partial charge in [0, 0.05) is 25.7 Å². The summed E-state index contributed by atoms with van der Waals surface area (Å²) in [7, 11) is 0. The van der Waals surface area contributed by atoms with Crippen LogP contribution < -0.4 is 5.32 Å². The molecule has 1 heterocycles. The third-order valence-corrected chi connectivity index (χ3v) is 2.64. The summed E-state index contributed by atoms with van der Waals surface area (Å²) in [6, 6.07) is 0. The average molecular weight is 287 g/mol. The zero-order chi connectivity index (χ0) is 15.4. The summed E-state index contributed by atoms with van der Waals surface area (Å²) in [6.07, 6.45) is 5.28. The van der Waals surface area contributed by atoms with Gasteiger partial charge in [-0.05, 0) is 12.8 Å². The highest BCUT2D eigenvalue weighted by atomic mass is 16.4. The van der Waals surface area contributed by atoms with E-state index in [0.717, 1.165) is 19.3 Å². The number of carboxylic acid groups (broad SMARTS) is 2. The van der Waals surface area contributed by atoms with Crippen molar-refractivity contribution >= 4 is 23.8 Å². The number of carbonyl (C=O) groups is 4. The van der Waals surface area contributed by atoms with Gasteiger partial charge < -0.3 is 10.2 Å². The molecule has 7 nitrogen and oxygen atoms in total. The van der Waals surface area contributed by atoms with E-state index in [0.29, 0.717) is 25.7 Å². The van der Waals surface area contributed by atoms with Crippen molar-refractivity contribution in [3.8, 4) is 0 Å². The fraction of sp³-hybridized carbons (Fsp3) is 0.692. The molecule has 1 rings (SSSR count). The molecule has 0 atom stereocenters. The summed E-state index contributed by atoms with van der Waals surface area (Å²) in [4.78, 5) is 40.4. The molecule has 1 aliphatic heterocycles. The number of rotatable bonds is 8. The lowest BCUT2D eigenvalue weighted by atomic mass is 10.1. The molecule has 1 saturated heterocycles. The van der Waals surface area contributed by atoms with Crippen molar-refractivity contribution in [2.75, 3.05) is 0 Å². The predicted octanol–water partition coefficient (Wildman–Crippen LogP) is 1.31. The van der Waals surface area contributed by atoms with Crippen molar-refractivity contribution in [3.05, 3.63) is 0 Å². The van der Waals surface area contributed by atoms with Crippen LogP contribution in [0.4, 0.5) is 0 Å². The van der Waals surface area contributed by atoms with Gasteiger partial charge in [0.2, 0.25) is 11.8 Å². The van der Waals surface area contributed by atoms with Crippen LogP contribution in [0.25, 0.3) is 0 Å². The first-order chi connectivity index (χ1) is 9.41. The summed E-state index contributed by atoms with van der Waals surface area (Å²) >= 11 is 0. The molecular weight excluding hydrogens is 266 g/mol. The number of hydrogen-bond donors (Lipinski definition) is 3. The summed E-state index contributed by atoms with van der Waals surface area (Å²) in [5, 5.41) is 18.8. The zero-order valence-electron chi connectivity index (χ0n) is 11.4. The minimum Gasteiger partial charge on any atom is -0.481 e. The Morgan fingerprint density at radius 2 is 1.15 bits per heavy atom. The van der Waals surface area contributed by atoms with Gasteiger partial charge in [-0.25, -0.2) is 0 Å². The minimum atomic E-state index is -0.759. The largest absolute Gasteiger partial charge is 0.481 e.